The van der Waals surface area contributed by atoms with Gasteiger partial charge in [-0.1, -0.05) is 11.8 Å². The number of rotatable bonds is 7. The number of ether oxygens (including phenoxy) is 1. The lowest BCUT2D eigenvalue weighted by atomic mass is 10.2. The monoisotopic (exact) mass is 450 g/mol. The summed E-state index contributed by atoms with van der Waals surface area (Å²) in [5.74, 6) is -0.554. The number of imidazole rings is 1. The highest BCUT2D eigenvalue weighted by atomic mass is 32.2. The molecular formula is C19H19FN4O4S2. The molecule has 1 amide bonds. The van der Waals surface area contributed by atoms with Gasteiger partial charge in [0.1, 0.15) is 17.3 Å². The summed E-state index contributed by atoms with van der Waals surface area (Å²) in [7, 11) is -2.13. The highest BCUT2D eigenvalue weighted by Crippen LogP contribution is 2.29. The second-order valence-corrected chi connectivity index (χ2v) is 8.71. The van der Waals surface area contributed by atoms with E-state index in [-0.39, 0.29) is 17.2 Å². The Labute approximate surface area is 177 Å². The molecule has 11 heteroatoms. The van der Waals surface area contributed by atoms with Crippen molar-refractivity contribution in [1.82, 2.24) is 9.55 Å². The van der Waals surface area contributed by atoms with Gasteiger partial charge >= 0.3 is 0 Å². The fraction of sp³-hybridized carbons (Fsp3) is 0.158. The summed E-state index contributed by atoms with van der Waals surface area (Å²) in [6.45, 7) is 0. The number of methoxy groups -OCH3 is 1. The van der Waals surface area contributed by atoms with E-state index in [2.05, 4.69) is 15.0 Å². The van der Waals surface area contributed by atoms with Crippen LogP contribution in [0.25, 0.3) is 5.69 Å². The van der Waals surface area contributed by atoms with Gasteiger partial charge in [-0.2, -0.15) is 0 Å². The lowest BCUT2D eigenvalue weighted by Gasteiger charge is -2.14. The zero-order chi connectivity index (χ0) is 21.9. The van der Waals surface area contributed by atoms with Crippen LogP contribution in [0.5, 0.6) is 5.75 Å². The highest BCUT2D eigenvalue weighted by molar-refractivity contribution is 7.98. The topological polar surface area (TPSA) is 102 Å². The largest absolute Gasteiger partial charge is 0.495 e. The first kappa shape index (κ1) is 21.7. The number of nitrogens with zero attached hydrogens (tertiary/aromatic N) is 2. The first-order valence-electron chi connectivity index (χ1n) is 8.56. The van der Waals surface area contributed by atoms with Gasteiger partial charge in [0.2, 0.25) is 10.0 Å². The zero-order valence-electron chi connectivity index (χ0n) is 16.3. The van der Waals surface area contributed by atoms with Crippen LogP contribution in [0.15, 0.2) is 53.8 Å². The van der Waals surface area contributed by atoms with E-state index >= 15 is 0 Å². The Morgan fingerprint density at radius 2 is 1.90 bits per heavy atom. The summed E-state index contributed by atoms with van der Waals surface area (Å²) < 4.78 is 45.6. The molecule has 0 bridgehead atoms. The molecule has 1 heterocycles. The van der Waals surface area contributed by atoms with Gasteiger partial charge in [-0.05, 0) is 48.7 Å². The standard InChI is InChI=1S/C19H19FN4O4S2/c1-28-17-9-6-13(10-15(17)23-30(3,26)27)22-18(25)16-11-21-19(29-2)24(16)14-7-4-12(20)5-8-14/h4-11,23H,1-3H3,(H,22,25). The Hall–Kier alpha value is -3.05. The van der Waals surface area contributed by atoms with Crippen molar-refractivity contribution >= 4 is 39.1 Å². The molecule has 0 unspecified atom stereocenters. The zero-order valence-corrected chi connectivity index (χ0v) is 18.0. The maximum absolute atomic E-state index is 13.3. The van der Waals surface area contributed by atoms with Gasteiger partial charge in [0.25, 0.3) is 5.91 Å². The SMILES string of the molecule is COc1ccc(NC(=O)c2cnc(SC)n2-c2ccc(F)cc2)cc1NS(C)(=O)=O. The number of amides is 1. The van der Waals surface area contributed by atoms with Gasteiger partial charge in [-0.15, -0.1) is 0 Å². The summed E-state index contributed by atoms with van der Waals surface area (Å²) in [5, 5.41) is 3.28. The Morgan fingerprint density at radius 3 is 2.50 bits per heavy atom. The van der Waals surface area contributed by atoms with Crippen molar-refractivity contribution in [3.8, 4) is 11.4 Å². The molecule has 1 aromatic heterocycles. The van der Waals surface area contributed by atoms with E-state index in [1.807, 2.05) is 6.26 Å². The minimum Gasteiger partial charge on any atom is -0.495 e. The third kappa shape index (κ3) is 4.92. The smallest absolute Gasteiger partial charge is 0.274 e. The Bertz CT molecular complexity index is 1180. The van der Waals surface area contributed by atoms with Crippen LogP contribution in [-0.4, -0.2) is 43.5 Å². The Kier molecular flexibility index (Phi) is 6.32. The summed E-state index contributed by atoms with van der Waals surface area (Å²) in [6.07, 6.45) is 4.25. The molecular weight excluding hydrogens is 431 g/mol. The molecule has 0 aliphatic carbocycles. The number of halogens is 1. The van der Waals surface area contributed by atoms with Gasteiger partial charge in [0, 0.05) is 11.4 Å². The molecule has 0 aliphatic rings. The van der Waals surface area contributed by atoms with E-state index in [9.17, 15) is 17.6 Å². The number of thioether (sulfide) groups is 1. The van der Waals surface area contributed by atoms with Crippen LogP contribution < -0.4 is 14.8 Å². The highest BCUT2D eigenvalue weighted by Gasteiger charge is 2.19. The van der Waals surface area contributed by atoms with E-state index in [0.717, 1.165) is 6.26 Å². The van der Waals surface area contributed by atoms with Crippen LogP contribution in [0.3, 0.4) is 0 Å². The van der Waals surface area contributed by atoms with Crippen molar-refractivity contribution in [3.05, 3.63) is 60.2 Å². The van der Waals surface area contributed by atoms with Crippen LogP contribution in [0.4, 0.5) is 15.8 Å². The minimum absolute atomic E-state index is 0.189. The summed E-state index contributed by atoms with van der Waals surface area (Å²) >= 11 is 1.34. The van der Waals surface area contributed by atoms with Crippen molar-refractivity contribution in [2.45, 2.75) is 5.16 Å². The molecule has 30 heavy (non-hydrogen) atoms. The minimum atomic E-state index is -3.54. The predicted octanol–water partition coefficient (Wildman–Crippen LogP) is 3.37. The van der Waals surface area contributed by atoms with Crippen molar-refractivity contribution in [2.24, 2.45) is 0 Å². The number of carbonyl (C=O) groups excluding carboxylic acids is 1. The van der Waals surface area contributed by atoms with E-state index < -0.39 is 15.9 Å². The number of hydrogen-bond acceptors (Lipinski definition) is 6. The first-order chi connectivity index (χ1) is 14.2. The van der Waals surface area contributed by atoms with Crippen LogP contribution in [0.2, 0.25) is 0 Å². The van der Waals surface area contributed by atoms with Gasteiger partial charge in [-0.25, -0.2) is 17.8 Å². The van der Waals surface area contributed by atoms with E-state index in [0.29, 0.717) is 22.3 Å². The molecule has 0 atom stereocenters. The summed E-state index contributed by atoms with van der Waals surface area (Å²) in [5.41, 5.74) is 1.36. The van der Waals surface area contributed by atoms with Gasteiger partial charge in [0.15, 0.2) is 5.16 Å². The molecule has 0 saturated heterocycles. The molecule has 0 radical (unpaired) electrons. The maximum atomic E-state index is 13.3. The lowest BCUT2D eigenvalue weighted by Crippen LogP contribution is -2.17. The molecule has 0 spiro atoms. The molecule has 8 nitrogen and oxygen atoms in total. The van der Waals surface area contributed by atoms with Gasteiger partial charge < -0.3 is 10.1 Å². The van der Waals surface area contributed by atoms with E-state index in [1.165, 1.54) is 49.3 Å². The van der Waals surface area contributed by atoms with Crippen molar-refractivity contribution < 1.29 is 22.3 Å². The molecule has 2 aromatic carbocycles. The predicted molar refractivity (Wildman–Crippen MR) is 115 cm³/mol. The van der Waals surface area contributed by atoms with Crippen LogP contribution in [0, 0.1) is 5.82 Å². The number of sulfonamides is 1. The molecule has 158 valence electrons. The van der Waals surface area contributed by atoms with Crippen molar-refractivity contribution in [2.75, 3.05) is 29.7 Å². The Balaban J connectivity index is 1.94. The van der Waals surface area contributed by atoms with Crippen molar-refractivity contribution in [3.63, 3.8) is 0 Å². The molecule has 3 rings (SSSR count). The van der Waals surface area contributed by atoms with Gasteiger partial charge in [-0.3, -0.25) is 14.1 Å². The second kappa shape index (κ2) is 8.76. The summed E-state index contributed by atoms with van der Waals surface area (Å²) in [4.78, 5) is 17.2. The number of aromatic nitrogens is 2. The van der Waals surface area contributed by atoms with Crippen molar-refractivity contribution in [1.29, 1.82) is 0 Å². The Morgan fingerprint density at radius 1 is 1.20 bits per heavy atom. The van der Waals surface area contributed by atoms with E-state index in [4.69, 9.17) is 4.74 Å². The second-order valence-electron chi connectivity index (χ2n) is 6.19. The number of carbonyl (C=O) groups is 1. The number of hydrogen-bond donors (Lipinski definition) is 2. The van der Waals surface area contributed by atoms with Crippen LogP contribution in [0.1, 0.15) is 10.5 Å². The first-order valence-corrected chi connectivity index (χ1v) is 11.7. The third-order valence-electron chi connectivity index (χ3n) is 3.98. The molecule has 3 aromatic rings. The number of anilines is 2. The van der Waals surface area contributed by atoms with Crippen LogP contribution >= 0.6 is 11.8 Å². The fourth-order valence-corrected chi connectivity index (χ4v) is 3.84. The number of benzene rings is 2. The molecule has 2 N–H and O–H groups in total. The number of nitrogens with one attached hydrogen (secondary N) is 2. The average molecular weight is 451 g/mol. The lowest BCUT2D eigenvalue weighted by molar-refractivity contribution is 0.102. The maximum Gasteiger partial charge on any atom is 0.274 e. The van der Waals surface area contributed by atoms with E-state index in [1.54, 1.807) is 22.8 Å². The molecule has 0 saturated carbocycles. The average Bonchev–Trinajstić information content (AvgIpc) is 3.12. The molecule has 0 aliphatic heterocycles. The fourth-order valence-electron chi connectivity index (χ4n) is 2.74. The normalized spacial score (nSPS) is 11.2. The van der Waals surface area contributed by atoms with Gasteiger partial charge in [0.05, 0.1) is 25.2 Å². The summed E-state index contributed by atoms with van der Waals surface area (Å²) in [6, 6.07) is 10.3. The quantitative estimate of drug-likeness (QED) is 0.535. The third-order valence-corrected chi connectivity index (χ3v) is 5.23. The molecule has 0 fully saturated rings. The van der Waals surface area contributed by atoms with Crippen LogP contribution in [-0.2, 0) is 10.0 Å².